The lowest BCUT2D eigenvalue weighted by molar-refractivity contribution is 1.21. The molecule has 0 fully saturated rings. The lowest BCUT2D eigenvalue weighted by atomic mass is 10.2. The second kappa shape index (κ2) is 7.71. The van der Waals surface area contributed by atoms with E-state index in [4.69, 9.17) is 0 Å². The van der Waals surface area contributed by atoms with Crippen LogP contribution < -0.4 is 4.90 Å². The largest absolute Gasteiger partial charge is 0.311 e. The molecule has 2 aromatic carbocycles. The summed E-state index contributed by atoms with van der Waals surface area (Å²) in [4.78, 5) is 2.17. The van der Waals surface area contributed by atoms with Crippen LogP contribution in [0.2, 0.25) is 0 Å². The quantitative estimate of drug-likeness (QED) is 0.616. The van der Waals surface area contributed by atoms with Gasteiger partial charge in [0, 0.05) is 17.1 Å². The van der Waals surface area contributed by atoms with Crippen molar-refractivity contribution in [3.8, 4) is 0 Å². The molecule has 0 heterocycles. The number of benzene rings is 2. The Morgan fingerprint density at radius 1 is 0.762 bits per heavy atom. The van der Waals surface area contributed by atoms with Crippen LogP contribution in [0.25, 0.3) is 0 Å². The van der Waals surface area contributed by atoms with Crippen LogP contribution in [0.1, 0.15) is 0 Å². The fraction of sp³-hybridized carbons (Fsp3) is 0. The van der Waals surface area contributed by atoms with E-state index in [0.29, 0.717) is 0 Å². The molecular formula is C20H19N. The topological polar surface area (TPSA) is 3.24 Å². The van der Waals surface area contributed by atoms with Crippen molar-refractivity contribution in [2.45, 2.75) is 0 Å². The molecule has 0 saturated carbocycles. The van der Waals surface area contributed by atoms with Crippen LogP contribution >= 0.6 is 0 Å². The Kier molecular flexibility index (Phi) is 5.36. The molecule has 0 bridgehead atoms. The first kappa shape index (κ1) is 14.6. The fourth-order valence-corrected chi connectivity index (χ4v) is 2.07. The summed E-state index contributed by atoms with van der Waals surface area (Å²) >= 11 is 0. The summed E-state index contributed by atoms with van der Waals surface area (Å²) in [6.45, 7) is 7.63. The maximum absolute atomic E-state index is 3.94. The number of hydrogen-bond acceptors (Lipinski definition) is 1. The van der Waals surface area contributed by atoms with Gasteiger partial charge in [-0.3, -0.25) is 0 Å². The van der Waals surface area contributed by atoms with Crippen LogP contribution in [0, 0.1) is 0 Å². The molecule has 104 valence electrons. The second-order valence-electron chi connectivity index (χ2n) is 4.42. The monoisotopic (exact) mass is 273 g/mol. The van der Waals surface area contributed by atoms with Gasteiger partial charge in [-0.05, 0) is 36.4 Å². The molecule has 0 aliphatic heterocycles. The first-order chi connectivity index (χ1) is 10.4. The van der Waals surface area contributed by atoms with E-state index in [1.165, 1.54) is 0 Å². The Hall–Kier alpha value is -2.80. The lowest BCUT2D eigenvalue weighted by Crippen LogP contribution is -2.14. The standard InChI is InChI=1S/C20H19N/c1-3-5-8-13-18(4-2)21(19-14-9-6-10-15-19)20-16-11-7-12-17-20/h3-17H,1-2H2/b8-5-,18-13+. The zero-order chi connectivity index (χ0) is 14.9. The molecule has 0 N–H and O–H groups in total. The third-order valence-corrected chi connectivity index (χ3v) is 3.01. The van der Waals surface area contributed by atoms with E-state index in [2.05, 4.69) is 42.3 Å². The number of anilines is 2. The average Bonchev–Trinajstić information content (AvgIpc) is 2.56. The van der Waals surface area contributed by atoms with E-state index >= 15 is 0 Å². The molecule has 2 aromatic rings. The Balaban J connectivity index is 2.50. The van der Waals surface area contributed by atoms with Crippen molar-refractivity contribution < 1.29 is 0 Å². The minimum Gasteiger partial charge on any atom is -0.311 e. The summed E-state index contributed by atoms with van der Waals surface area (Å²) in [6, 6.07) is 20.5. The van der Waals surface area contributed by atoms with Crippen LogP contribution in [0.15, 0.2) is 110 Å². The van der Waals surface area contributed by atoms with Crippen molar-refractivity contribution in [3.05, 3.63) is 110 Å². The normalized spacial score (nSPS) is 11.3. The molecule has 1 nitrogen and oxygen atoms in total. The van der Waals surface area contributed by atoms with Gasteiger partial charge in [-0.15, -0.1) is 0 Å². The Morgan fingerprint density at radius 3 is 1.71 bits per heavy atom. The van der Waals surface area contributed by atoms with Gasteiger partial charge in [-0.2, -0.15) is 0 Å². The molecule has 21 heavy (non-hydrogen) atoms. The molecule has 2 rings (SSSR count). The van der Waals surface area contributed by atoms with E-state index in [1.807, 2.05) is 60.7 Å². The zero-order valence-corrected chi connectivity index (χ0v) is 12.0. The summed E-state index contributed by atoms with van der Waals surface area (Å²) in [7, 11) is 0. The molecule has 0 saturated heterocycles. The minimum atomic E-state index is 1.01. The van der Waals surface area contributed by atoms with Gasteiger partial charge in [-0.25, -0.2) is 0 Å². The summed E-state index contributed by atoms with van der Waals surface area (Å²) < 4.78 is 0. The number of hydrogen-bond donors (Lipinski definition) is 0. The molecule has 0 unspecified atom stereocenters. The number of para-hydroxylation sites is 2. The fourth-order valence-electron chi connectivity index (χ4n) is 2.07. The van der Waals surface area contributed by atoms with E-state index in [0.717, 1.165) is 17.1 Å². The van der Waals surface area contributed by atoms with Gasteiger partial charge in [0.1, 0.15) is 0 Å². The highest BCUT2D eigenvalue weighted by Crippen LogP contribution is 2.29. The van der Waals surface area contributed by atoms with Gasteiger partial charge in [0.2, 0.25) is 0 Å². The predicted molar refractivity (Wildman–Crippen MR) is 92.6 cm³/mol. The molecule has 1 heteroatoms. The van der Waals surface area contributed by atoms with Gasteiger partial charge in [0.05, 0.1) is 0 Å². The van der Waals surface area contributed by atoms with Crippen LogP contribution in [0.3, 0.4) is 0 Å². The SMILES string of the molecule is C=C/C=C\C=C(/C=C)N(c1ccccc1)c1ccccc1. The molecular weight excluding hydrogens is 254 g/mol. The van der Waals surface area contributed by atoms with E-state index in [1.54, 1.807) is 6.08 Å². The van der Waals surface area contributed by atoms with E-state index < -0.39 is 0 Å². The van der Waals surface area contributed by atoms with Crippen molar-refractivity contribution in [1.29, 1.82) is 0 Å². The maximum atomic E-state index is 3.94. The third kappa shape index (κ3) is 3.83. The van der Waals surface area contributed by atoms with Crippen molar-refractivity contribution in [2.75, 3.05) is 4.90 Å². The van der Waals surface area contributed by atoms with Crippen molar-refractivity contribution in [2.24, 2.45) is 0 Å². The Bertz CT molecular complexity index is 597. The van der Waals surface area contributed by atoms with E-state index in [-0.39, 0.29) is 0 Å². The summed E-state index contributed by atoms with van der Waals surface area (Å²) in [5.74, 6) is 0. The maximum Gasteiger partial charge on any atom is 0.0461 e. The van der Waals surface area contributed by atoms with Crippen LogP contribution in [0.4, 0.5) is 11.4 Å². The Labute approximate surface area is 126 Å². The van der Waals surface area contributed by atoms with Crippen molar-refractivity contribution >= 4 is 11.4 Å². The van der Waals surface area contributed by atoms with Gasteiger partial charge >= 0.3 is 0 Å². The third-order valence-electron chi connectivity index (χ3n) is 3.01. The minimum absolute atomic E-state index is 1.01. The number of nitrogens with zero attached hydrogens (tertiary/aromatic N) is 1. The lowest BCUT2D eigenvalue weighted by Gasteiger charge is -2.26. The molecule has 0 amide bonds. The summed E-state index contributed by atoms with van der Waals surface area (Å²) in [6.07, 6.45) is 9.50. The van der Waals surface area contributed by atoms with Crippen molar-refractivity contribution in [3.63, 3.8) is 0 Å². The van der Waals surface area contributed by atoms with Crippen LogP contribution in [-0.4, -0.2) is 0 Å². The zero-order valence-electron chi connectivity index (χ0n) is 12.0. The molecule has 0 radical (unpaired) electrons. The summed E-state index contributed by atoms with van der Waals surface area (Å²) in [5.41, 5.74) is 3.20. The average molecular weight is 273 g/mol. The molecule has 0 aliphatic carbocycles. The second-order valence-corrected chi connectivity index (χ2v) is 4.42. The first-order valence-electron chi connectivity index (χ1n) is 6.89. The highest BCUT2D eigenvalue weighted by Gasteiger charge is 2.11. The molecule has 0 aromatic heterocycles. The predicted octanol–water partition coefficient (Wildman–Crippen LogP) is 5.64. The highest BCUT2D eigenvalue weighted by molar-refractivity contribution is 5.70. The number of rotatable bonds is 6. The van der Waals surface area contributed by atoms with E-state index in [9.17, 15) is 0 Å². The summed E-state index contributed by atoms with van der Waals surface area (Å²) in [5, 5.41) is 0. The highest BCUT2D eigenvalue weighted by atomic mass is 15.1. The first-order valence-corrected chi connectivity index (χ1v) is 6.89. The van der Waals surface area contributed by atoms with Gasteiger partial charge in [0.25, 0.3) is 0 Å². The Morgan fingerprint density at radius 2 is 1.29 bits per heavy atom. The number of allylic oxidation sites excluding steroid dienone is 5. The molecule has 0 spiro atoms. The van der Waals surface area contributed by atoms with Crippen LogP contribution in [-0.2, 0) is 0 Å². The molecule has 0 atom stereocenters. The van der Waals surface area contributed by atoms with Crippen molar-refractivity contribution in [1.82, 2.24) is 0 Å². The molecule has 0 aliphatic rings. The van der Waals surface area contributed by atoms with Crippen LogP contribution in [0.5, 0.6) is 0 Å². The van der Waals surface area contributed by atoms with Gasteiger partial charge in [0.15, 0.2) is 0 Å². The smallest absolute Gasteiger partial charge is 0.0461 e. The van der Waals surface area contributed by atoms with Gasteiger partial charge in [-0.1, -0.05) is 67.8 Å². The van der Waals surface area contributed by atoms with Gasteiger partial charge < -0.3 is 4.90 Å².